The van der Waals surface area contributed by atoms with Gasteiger partial charge in [-0.05, 0) is 57.4 Å². The average molecular weight is 193 g/mol. The first-order valence-corrected chi connectivity index (χ1v) is 5.43. The van der Waals surface area contributed by atoms with Crippen LogP contribution < -0.4 is 0 Å². The first kappa shape index (κ1) is 9.75. The van der Waals surface area contributed by atoms with Gasteiger partial charge in [-0.1, -0.05) is 0 Å². The van der Waals surface area contributed by atoms with E-state index in [0.717, 1.165) is 12.3 Å². The molecule has 0 aromatic carbocycles. The van der Waals surface area contributed by atoms with Crippen molar-refractivity contribution in [2.24, 2.45) is 11.8 Å². The molecule has 2 nitrogen and oxygen atoms in total. The molecule has 14 heavy (non-hydrogen) atoms. The highest BCUT2D eigenvalue weighted by Crippen LogP contribution is 2.45. The number of ether oxygens (including phenoxy) is 1. The molecule has 2 aliphatic carbocycles. The van der Waals surface area contributed by atoms with Crippen LogP contribution in [0, 0.1) is 17.9 Å². The van der Waals surface area contributed by atoms with E-state index in [2.05, 4.69) is 6.08 Å². The lowest BCUT2D eigenvalue weighted by atomic mass is 9.98. The van der Waals surface area contributed by atoms with Gasteiger partial charge < -0.3 is 4.74 Å². The third-order valence-electron chi connectivity index (χ3n) is 3.61. The zero-order chi connectivity index (χ0) is 10.1. The highest BCUT2D eigenvalue weighted by molar-refractivity contribution is 5.87. The fourth-order valence-corrected chi connectivity index (χ4v) is 2.66. The van der Waals surface area contributed by atoms with Gasteiger partial charge in [0.15, 0.2) is 0 Å². The molecule has 77 valence electrons. The molecule has 2 saturated carbocycles. The summed E-state index contributed by atoms with van der Waals surface area (Å²) in [5.74, 6) is 1.30. The van der Waals surface area contributed by atoms with Crippen LogP contribution in [0.1, 0.15) is 39.5 Å². The van der Waals surface area contributed by atoms with E-state index in [1.54, 1.807) is 13.8 Å². The summed E-state index contributed by atoms with van der Waals surface area (Å²) in [4.78, 5) is 11.5. The van der Waals surface area contributed by atoms with Gasteiger partial charge in [-0.15, -0.1) is 0 Å². The largest absolute Gasteiger partial charge is 0.459 e. The molecule has 3 unspecified atom stereocenters. The highest BCUT2D eigenvalue weighted by atomic mass is 16.5. The van der Waals surface area contributed by atoms with Gasteiger partial charge in [-0.25, -0.2) is 4.79 Å². The van der Waals surface area contributed by atoms with Crippen molar-refractivity contribution in [1.82, 2.24) is 0 Å². The summed E-state index contributed by atoms with van der Waals surface area (Å²) in [7, 11) is 0. The number of fused-ring (bicyclic) bond motifs is 2. The average Bonchev–Trinajstić information content (AvgIpc) is 2.77. The number of allylic oxidation sites excluding steroid dienone is 1. The van der Waals surface area contributed by atoms with Crippen LogP contribution in [0.15, 0.2) is 5.57 Å². The van der Waals surface area contributed by atoms with E-state index in [0.29, 0.717) is 11.5 Å². The molecule has 0 aromatic rings. The number of carbonyl (C=O) groups is 1. The first-order chi connectivity index (χ1) is 6.70. The van der Waals surface area contributed by atoms with Crippen molar-refractivity contribution < 1.29 is 9.53 Å². The maximum absolute atomic E-state index is 11.5. The molecule has 0 spiro atoms. The summed E-state index contributed by atoms with van der Waals surface area (Å²) in [6.07, 6.45) is 7.98. The minimum atomic E-state index is -0.176. The van der Waals surface area contributed by atoms with Crippen LogP contribution in [0.2, 0.25) is 0 Å². The Morgan fingerprint density at radius 1 is 1.36 bits per heavy atom. The second-order valence-corrected chi connectivity index (χ2v) is 4.49. The second-order valence-electron chi connectivity index (χ2n) is 4.49. The van der Waals surface area contributed by atoms with Crippen LogP contribution in [0.5, 0.6) is 0 Å². The highest BCUT2D eigenvalue weighted by Gasteiger charge is 2.41. The lowest BCUT2D eigenvalue weighted by molar-refractivity contribution is -0.146. The first-order valence-electron chi connectivity index (χ1n) is 5.43. The minimum absolute atomic E-state index is 0.176. The fraction of sp³-hybridized carbons (Fsp3) is 0.750. The molecular formula is C12H17O2. The molecule has 1 radical (unpaired) electrons. The Balaban J connectivity index is 1.90. The van der Waals surface area contributed by atoms with Crippen molar-refractivity contribution in [3.8, 4) is 0 Å². The standard InChI is InChI=1S/C12H17O2/c1-3-8(2)12(13)14-11-7-9-4-5-10(11)6-9/h9-11H,4-7H2,1-2H3. The zero-order valence-electron chi connectivity index (χ0n) is 8.88. The molecule has 2 fully saturated rings. The lowest BCUT2D eigenvalue weighted by Gasteiger charge is -2.21. The predicted octanol–water partition coefficient (Wildman–Crippen LogP) is 2.49. The van der Waals surface area contributed by atoms with Crippen LogP contribution in [0.25, 0.3) is 0 Å². The van der Waals surface area contributed by atoms with Gasteiger partial charge in [0.2, 0.25) is 0 Å². The molecule has 2 bridgehead atoms. The number of esters is 1. The van der Waals surface area contributed by atoms with Crippen molar-refractivity contribution in [1.29, 1.82) is 0 Å². The Morgan fingerprint density at radius 2 is 2.14 bits per heavy atom. The number of hydrogen-bond donors (Lipinski definition) is 0. The van der Waals surface area contributed by atoms with E-state index >= 15 is 0 Å². The van der Waals surface area contributed by atoms with Gasteiger partial charge in [0.25, 0.3) is 0 Å². The molecule has 2 aliphatic rings. The fourth-order valence-electron chi connectivity index (χ4n) is 2.66. The Morgan fingerprint density at radius 3 is 2.64 bits per heavy atom. The summed E-state index contributed by atoms with van der Waals surface area (Å²) in [5.41, 5.74) is 0.604. The Labute approximate surface area is 85.3 Å². The summed E-state index contributed by atoms with van der Waals surface area (Å²) >= 11 is 0. The smallest absolute Gasteiger partial charge is 0.334 e. The number of hydrogen-bond acceptors (Lipinski definition) is 2. The van der Waals surface area contributed by atoms with Crippen LogP contribution >= 0.6 is 0 Å². The topological polar surface area (TPSA) is 26.3 Å². The van der Waals surface area contributed by atoms with Gasteiger partial charge in [-0.2, -0.15) is 0 Å². The van der Waals surface area contributed by atoms with Crippen LogP contribution in [-0.4, -0.2) is 12.1 Å². The minimum Gasteiger partial charge on any atom is -0.459 e. The number of carbonyl (C=O) groups excluding carboxylic acids is 1. The Kier molecular flexibility index (Phi) is 2.62. The van der Waals surface area contributed by atoms with Gasteiger partial charge in [0.1, 0.15) is 6.10 Å². The zero-order valence-corrected chi connectivity index (χ0v) is 8.88. The number of rotatable bonds is 2. The van der Waals surface area contributed by atoms with Crippen molar-refractivity contribution in [2.45, 2.75) is 45.6 Å². The molecule has 0 N–H and O–H groups in total. The lowest BCUT2D eigenvalue weighted by Crippen LogP contribution is -2.24. The van der Waals surface area contributed by atoms with Gasteiger partial charge in [-0.3, -0.25) is 0 Å². The molecule has 0 heterocycles. The second kappa shape index (κ2) is 3.76. The third-order valence-corrected chi connectivity index (χ3v) is 3.61. The van der Waals surface area contributed by atoms with E-state index < -0.39 is 0 Å². The summed E-state index contributed by atoms with van der Waals surface area (Å²) in [6, 6.07) is 0. The molecule has 0 amide bonds. The van der Waals surface area contributed by atoms with Gasteiger partial charge >= 0.3 is 5.97 Å². The molecule has 2 heteroatoms. The molecule has 3 atom stereocenters. The quantitative estimate of drug-likeness (QED) is 0.497. The SMILES string of the molecule is C/[C]=C(\C)C(=O)OC1CC2CCC1C2. The van der Waals surface area contributed by atoms with Gasteiger partial charge in [0.05, 0.1) is 0 Å². The molecular weight excluding hydrogens is 176 g/mol. The normalized spacial score (nSPS) is 36.1. The van der Waals surface area contributed by atoms with E-state index in [4.69, 9.17) is 4.74 Å². The van der Waals surface area contributed by atoms with Crippen LogP contribution in [0.3, 0.4) is 0 Å². The summed E-state index contributed by atoms with van der Waals surface area (Å²) < 4.78 is 5.46. The molecule has 2 rings (SSSR count). The maximum atomic E-state index is 11.5. The molecule has 0 aliphatic heterocycles. The predicted molar refractivity (Wildman–Crippen MR) is 53.4 cm³/mol. The van der Waals surface area contributed by atoms with Gasteiger partial charge in [0, 0.05) is 5.57 Å². The van der Waals surface area contributed by atoms with E-state index in [9.17, 15) is 4.79 Å². The van der Waals surface area contributed by atoms with Crippen LogP contribution in [-0.2, 0) is 9.53 Å². The molecule has 0 aromatic heterocycles. The Hall–Kier alpha value is -0.790. The van der Waals surface area contributed by atoms with Crippen LogP contribution in [0.4, 0.5) is 0 Å². The van der Waals surface area contributed by atoms with E-state index in [1.165, 1.54) is 19.3 Å². The van der Waals surface area contributed by atoms with Crippen molar-refractivity contribution in [3.63, 3.8) is 0 Å². The monoisotopic (exact) mass is 193 g/mol. The molecule has 0 saturated heterocycles. The van der Waals surface area contributed by atoms with Crippen molar-refractivity contribution in [2.75, 3.05) is 0 Å². The van der Waals surface area contributed by atoms with Crippen molar-refractivity contribution in [3.05, 3.63) is 11.6 Å². The summed E-state index contributed by atoms with van der Waals surface area (Å²) in [6.45, 7) is 3.51. The third kappa shape index (κ3) is 1.70. The van der Waals surface area contributed by atoms with E-state index in [-0.39, 0.29) is 12.1 Å². The Bertz CT molecular complexity index is 267. The van der Waals surface area contributed by atoms with Crippen molar-refractivity contribution >= 4 is 5.97 Å². The maximum Gasteiger partial charge on any atom is 0.334 e. The van der Waals surface area contributed by atoms with E-state index in [1.807, 2.05) is 0 Å². The summed E-state index contributed by atoms with van der Waals surface area (Å²) in [5, 5.41) is 0.